The first-order valence-corrected chi connectivity index (χ1v) is 11.0. The quantitative estimate of drug-likeness (QED) is 0.418. The number of amides is 1. The Morgan fingerprint density at radius 3 is 2.33 bits per heavy atom. The molecular formula is C27H27NO5. The molecule has 3 aromatic rings. The zero-order valence-corrected chi connectivity index (χ0v) is 18.8. The molecule has 1 unspecified atom stereocenters. The molecule has 0 aromatic heterocycles. The summed E-state index contributed by atoms with van der Waals surface area (Å²) in [7, 11) is 1.62. The van der Waals surface area contributed by atoms with Crippen molar-refractivity contribution in [3.05, 3.63) is 95.1 Å². The largest absolute Gasteiger partial charge is 0.493 e. The molecule has 0 N–H and O–H groups in total. The molecule has 1 atom stereocenters. The minimum Gasteiger partial charge on any atom is -0.493 e. The zero-order chi connectivity index (χ0) is 23.2. The van der Waals surface area contributed by atoms with Gasteiger partial charge in [-0.15, -0.1) is 0 Å². The van der Waals surface area contributed by atoms with Crippen LogP contribution in [0.1, 0.15) is 35.2 Å². The van der Waals surface area contributed by atoms with Crippen LogP contribution in [0.2, 0.25) is 0 Å². The van der Waals surface area contributed by atoms with Gasteiger partial charge in [-0.3, -0.25) is 4.79 Å². The SMILES string of the molecule is CCOC(=O)C(=O)N1CCc2cc(OC)c(OCc3ccccc3)cc2C1c1ccccc1. The van der Waals surface area contributed by atoms with Crippen molar-refractivity contribution >= 4 is 11.9 Å². The van der Waals surface area contributed by atoms with Crippen molar-refractivity contribution in [2.75, 3.05) is 20.3 Å². The van der Waals surface area contributed by atoms with Crippen molar-refractivity contribution < 1.29 is 23.8 Å². The predicted molar refractivity (Wildman–Crippen MR) is 124 cm³/mol. The lowest BCUT2D eigenvalue weighted by Crippen LogP contribution is -2.44. The Morgan fingerprint density at radius 2 is 1.67 bits per heavy atom. The number of nitrogens with zero attached hydrogens (tertiary/aromatic N) is 1. The third-order valence-electron chi connectivity index (χ3n) is 5.72. The molecule has 0 saturated heterocycles. The summed E-state index contributed by atoms with van der Waals surface area (Å²) in [6.45, 7) is 2.63. The fourth-order valence-corrected chi connectivity index (χ4v) is 4.16. The minimum atomic E-state index is -0.837. The first-order chi connectivity index (χ1) is 16.1. The summed E-state index contributed by atoms with van der Waals surface area (Å²) in [6.07, 6.45) is 0.596. The highest BCUT2D eigenvalue weighted by Gasteiger charge is 2.36. The molecule has 0 aliphatic carbocycles. The number of rotatable bonds is 6. The summed E-state index contributed by atoms with van der Waals surface area (Å²) < 4.78 is 16.7. The molecule has 0 fully saturated rings. The van der Waals surface area contributed by atoms with E-state index in [-0.39, 0.29) is 6.61 Å². The summed E-state index contributed by atoms with van der Waals surface area (Å²) in [5, 5.41) is 0. The van der Waals surface area contributed by atoms with Gasteiger partial charge in [0.2, 0.25) is 0 Å². The van der Waals surface area contributed by atoms with Crippen LogP contribution in [0.5, 0.6) is 11.5 Å². The number of methoxy groups -OCH3 is 1. The summed E-state index contributed by atoms with van der Waals surface area (Å²) in [6, 6.07) is 23.0. The van der Waals surface area contributed by atoms with Crippen LogP contribution in [-0.2, 0) is 27.4 Å². The minimum absolute atomic E-state index is 0.152. The molecule has 170 valence electrons. The van der Waals surface area contributed by atoms with E-state index in [2.05, 4.69) is 0 Å². The van der Waals surface area contributed by atoms with Gasteiger partial charge in [-0.1, -0.05) is 60.7 Å². The Labute approximate surface area is 193 Å². The van der Waals surface area contributed by atoms with Crippen molar-refractivity contribution in [1.29, 1.82) is 0 Å². The lowest BCUT2D eigenvalue weighted by atomic mass is 9.87. The number of hydrogen-bond acceptors (Lipinski definition) is 5. The zero-order valence-electron chi connectivity index (χ0n) is 18.8. The molecule has 1 aliphatic heterocycles. The molecular weight excluding hydrogens is 418 g/mol. The molecule has 0 radical (unpaired) electrons. The van der Waals surface area contributed by atoms with Crippen molar-refractivity contribution in [3.8, 4) is 11.5 Å². The van der Waals surface area contributed by atoms with Crippen molar-refractivity contribution in [3.63, 3.8) is 0 Å². The maximum absolute atomic E-state index is 13.0. The van der Waals surface area contributed by atoms with Crippen molar-refractivity contribution in [1.82, 2.24) is 4.90 Å². The molecule has 6 nitrogen and oxygen atoms in total. The van der Waals surface area contributed by atoms with E-state index in [0.29, 0.717) is 31.1 Å². The molecule has 0 bridgehead atoms. The summed E-state index contributed by atoms with van der Waals surface area (Å²) in [5.74, 6) is -0.247. The summed E-state index contributed by atoms with van der Waals surface area (Å²) in [4.78, 5) is 26.9. The maximum atomic E-state index is 13.0. The summed E-state index contributed by atoms with van der Waals surface area (Å²) in [5.41, 5.74) is 3.92. The highest BCUT2D eigenvalue weighted by atomic mass is 16.5. The lowest BCUT2D eigenvalue weighted by molar-refractivity contribution is -0.161. The standard InChI is InChI=1S/C27H27NO5/c1-3-32-27(30)26(29)28-15-14-21-16-23(31-2)24(33-18-19-10-6-4-7-11-19)17-22(21)25(28)20-12-8-5-9-13-20/h4-13,16-17,25H,3,14-15,18H2,1-2H3. The van der Waals surface area contributed by atoms with Crippen LogP contribution in [0.3, 0.4) is 0 Å². The van der Waals surface area contributed by atoms with E-state index in [1.54, 1.807) is 18.9 Å². The number of esters is 1. The van der Waals surface area contributed by atoms with Crippen LogP contribution >= 0.6 is 0 Å². The average molecular weight is 446 g/mol. The number of benzene rings is 3. The Bertz CT molecular complexity index is 1110. The molecule has 0 spiro atoms. The van der Waals surface area contributed by atoms with Gasteiger partial charge in [0, 0.05) is 6.54 Å². The van der Waals surface area contributed by atoms with E-state index < -0.39 is 17.9 Å². The van der Waals surface area contributed by atoms with Gasteiger partial charge in [0.1, 0.15) is 6.61 Å². The molecule has 1 heterocycles. The predicted octanol–water partition coefficient (Wildman–Crippen LogP) is 4.31. The number of ether oxygens (including phenoxy) is 3. The molecule has 33 heavy (non-hydrogen) atoms. The third-order valence-corrected chi connectivity index (χ3v) is 5.72. The number of carbonyl (C=O) groups is 2. The van der Waals surface area contributed by atoms with E-state index in [0.717, 1.165) is 22.3 Å². The van der Waals surface area contributed by atoms with Crippen LogP contribution in [0, 0.1) is 0 Å². The van der Waals surface area contributed by atoms with E-state index >= 15 is 0 Å². The van der Waals surface area contributed by atoms with Gasteiger partial charge in [-0.05, 0) is 47.7 Å². The van der Waals surface area contributed by atoms with Gasteiger partial charge < -0.3 is 19.1 Å². The fourth-order valence-electron chi connectivity index (χ4n) is 4.16. The van der Waals surface area contributed by atoms with Crippen LogP contribution < -0.4 is 9.47 Å². The van der Waals surface area contributed by atoms with Crippen LogP contribution in [0.25, 0.3) is 0 Å². The topological polar surface area (TPSA) is 65.1 Å². The number of fused-ring (bicyclic) bond motifs is 1. The first kappa shape index (κ1) is 22.4. The van der Waals surface area contributed by atoms with Crippen molar-refractivity contribution in [2.24, 2.45) is 0 Å². The van der Waals surface area contributed by atoms with Crippen LogP contribution in [0.4, 0.5) is 0 Å². The molecule has 0 saturated carbocycles. The summed E-state index contributed by atoms with van der Waals surface area (Å²) >= 11 is 0. The van der Waals surface area contributed by atoms with E-state index in [1.807, 2.05) is 72.8 Å². The van der Waals surface area contributed by atoms with E-state index in [9.17, 15) is 9.59 Å². The molecule has 3 aromatic carbocycles. The number of hydrogen-bond donors (Lipinski definition) is 0. The molecule has 1 amide bonds. The second-order valence-corrected chi connectivity index (χ2v) is 7.76. The number of carbonyl (C=O) groups excluding carboxylic acids is 2. The highest BCUT2D eigenvalue weighted by Crippen LogP contribution is 2.41. The normalized spacial score (nSPS) is 14.8. The van der Waals surface area contributed by atoms with Crippen molar-refractivity contribution in [2.45, 2.75) is 26.0 Å². The second-order valence-electron chi connectivity index (χ2n) is 7.76. The van der Waals surface area contributed by atoms with Gasteiger partial charge in [-0.2, -0.15) is 0 Å². The van der Waals surface area contributed by atoms with Crippen LogP contribution in [0.15, 0.2) is 72.8 Å². The smallest absolute Gasteiger partial charge is 0.397 e. The Kier molecular flexibility index (Phi) is 6.93. The highest BCUT2D eigenvalue weighted by molar-refractivity contribution is 6.32. The average Bonchev–Trinajstić information content (AvgIpc) is 2.87. The van der Waals surface area contributed by atoms with Gasteiger partial charge in [0.25, 0.3) is 0 Å². The van der Waals surface area contributed by atoms with E-state index in [1.165, 1.54) is 0 Å². The van der Waals surface area contributed by atoms with E-state index in [4.69, 9.17) is 14.2 Å². The van der Waals surface area contributed by atoms with Gasteiger partial charge in [-0.25, -0.2) is 4.79 Å². The second kappa shape index (κ2) is 10.2. The van der Waals surface area contributed by atoms with Gasteiger partial charge >= 0.3 is 11.9 Å². The monoisotopic (exact) mass is 445 g/mol. The first-order valence-electron chi connectivity index (χ1n) is 11.0. The Hall–Kier alpha value is -3.80. The van der Waals surface area contributed by atoms with Gasteiger partial charge in [0.15, 0.2) is 11.5 Å². The fraction of sp³-hybridized carbons (Fsp3) is 0.259. The van der Waals surface area contributed by atoms with Crippen LogP contribution in [-0.4, -0.2) is 37.0 Å². The maximum Gasteiger partial charge on any atom is 0.397 e. The lowest BCUT2D eigenvalue weighted by Gasteiger charge is -2.37. The Morgan fingerprint density at radius 1 is 0.970 bits per heavy atom. The third kappa shape index (κ3) is 4.85. The molecule has 6 heteroatoms. The van der Waals surface area contributed by atoms with Gasteiger partial charge in [0.05, 0.1) is 19.8 Å². The Balaban J connectivity index is 1.74. The molecule has 4 rings (SSSR count). The molecule has 1 aliphatic rings.